The molecule has 1 nitrogen and oxygen atoms in total. The predicted molar refractivity (Wildman–Crippen MR) is 46.2 cm³/mol. The summed E-state index contributed by atoms with van der Waals surface area (Å²) in [5.41, 5.74) is 0. The average Bonchev–Trinajstić information content (AvgIpc) is 1.83. The van der Waals surface area contributed by atoms with Gasteiger partial charge >= 0.3 is 0 Å². The van der Waals surface area contributed by atoms with E-state index in [0.717, 1.165) is 6.54 Å². The molecule has 0 amide bonds. The van der Waals surface area contributed by atoms with Gasteiger partial charge in [0.25, 0.3) is 0 Å². The van der Waals surface area contributed by atoms with Crippen molar-refractivity contribution < 1.29 is 0 Å². The van der Waals surface area contributed by atoms with Crippen molar-refractivity contribution in [3.05, 3.63) is 0 Å². The molecule has 1 atom stereocenters. The molecule has 0 aromatic heterocycles. The van der Waals surface area contributed by atoms with Crippen LogP contribution in [0.4, 0.5) is 0 Å². The highest BCUT2D eigenvalue weighted by Crippen LogP contribution is 2.04. The number of hydrogen-bond donors (Lipinski definition) is 1. The van der Waals surface area contributed by atoms with Gasteiger partial charge in [0, 0.05) is 5.25 Å². The van der Waals surface area contributed by atoms with Gasteiger partial charge in [-0.25, -0.2) is 0 Å². The molecule has 0 aliphatic heterocycles. The molecule has 0 aliphatic rings. The van der Waals surface area contributed by atoms with Gasteiger partial charge in [0.05, 0.1) is 0 Å². The zero-order chi connectivity index (χ0) is 7.28. The van der Waals surface area contributed by atoms with Gasteiger partial charge in [-0.3, -0.25) is 0 Å². The molecule has 1 unspecified atom stereocenters. The van der Waals surface area contributed by atoms with E-state index in [9.17, 15) is 0 Å². The maximum Gasteiger partial charge on any atom is 0.00263 e. The Morgan fingerprint density at radius 1 is 1.44 bits per heavy atom. The van der Waals surface area contributed by atoms with Gasteiger partial charge in [-0.15, -0.1) is 0 Å². The second-order valence-electron chi connectivity index (χ2n) is 2.65. The van der Waals surface area contributed by atoms with Crippen molar-refractivity contribution in [3.8, 4) is 0 Å². The van der Waals surface area contributed by atoms with Crippen LogP contribution in [-0.2, 0) is 0 Å². The lowest BCUT2D eigenvalue weighted by atomic mass is 10.2. The molecule has 56 valence electrons. The third-order valence-corrected chi connectivity index (χ3v) is 2.00. The van der Waals surface area contributed by atoms with Crippen LogP contribution in [0.2, 0.25) is 0 Å². The smallest absolute Gasteiger partial charge is 0.00263 e. The predicted octanol–water partition coefficient (Wildman–Crippen LogP) is 1.65. The number of thiol groups is 1. The van der Waals surface area contributed by atoms with Crippen LogP contribution < -0.4 is 0 Å². The van der Waals surface area contributed by atoms with E-state index < -0.39 is 0 Å². The van der Waals surface area contributed by atoms with Gasteiger partial charge in [0.1, 0.15) is 0 Å². The van der Waals surface area contributed by atoms with Crippen molar-refractivity contribution in [3.63, 3.8) is 0 Å². The molecule has 0 aromatic rings. The summed E-state index contributed by atoms with van der Waals surface area (Å²) in [7, 11) is 4.19. The molecule has 0 aromatic carbocycles. The van der Waals surface area contributed by atoms with Crippen molar-refractivity contribution >= 4 is 12.6 Å². The lowest BCUT2D eigenvalue weighted by molar-refractivity contribution is 0.396. The van der Waals surface area contributed by atoms with E-state index in [-0.39, 0.29) is 0 Å². The first-order chi connectivity index (χ1) is 4.16. The van der Waals surface area contributed by atoms with Crippen molar-refractivity contribution in [2.24, 2.45) is 0 Å². The summed E-state index contributed by atoms with van der Waals surface area (Å²) in [6.45, 7) is 3.33. The van der Waals surface area contributed by atoms with Crippen LogP contribution in [0.15, 0.2) is 0 Å². The van der Waals surface area contributed by atoms with Crippen LogP contribution in [0.25, 0.3) is 0 Å². The van der Waals surface area contributed by atoms with Gasteiger partial charge in [0.2, 0.25) is 0 Å². The molecule has 0 aliphatic carbocycles. The highest BCUT2D eigenvalue weighted by Gasteiger charge is 1.98. The Kier molecular flexibility index (Phi) is 5.30. The molecule has 0 saturated heterocycles. The van der Waals surface area contributed by atoms with Crippen molar-refractivity contribution in [1.82, 2.24) is 4.90 Å². The van der Waals surface area contributed by atoms with E-state index in [1.165, 1.54) is 12.8 Å². The molecule has 2 heteroatoms. The summed E-state index contributed by atoms with van der Waals surface area (Å²) in [6, 6.07) is 0. The summed E-state index contributed by atoms with van der Waals surface area (Å²) in [5, 5.41) is 0.590. The van der Waals surface area contributed by atoms with E-state index in [1.807, 2.05) is 0 Å². The minimum atomic E-state index is 0.590. The summed E-state index contributed by atoms with van der Waals surface area (Å²) in [4.78, 5) is 2.19. The topological polar surface area (TPSA) is 3.24 Å². The third-order valence-electron chi connectivity index (χ3n) is 1.38. The first-order valence-electron chi connectivity index (χ1n) is 3.49. The largest absolute Gasteiger partial charge is 0.309 e. The Morgan fingerprint density at radius 3 is 2.33 bits per heavy atom. The van der Waals surface area contributed by atoms with Crippen molar-refractivity contribution in [1.29, 1.82) is 0 Å². The van der Waals surface area contributed by atoms with Crippen LogP contribution in [0.1, 0.15) is 19.8 Å². The molecule has 0 spiro atoms. The molecule has 0 radical (unpaired) electrons. The molecule has 0 rings (SSSR count). The summed E-state index contributed by atoms with van der Waals surface area (Å²) in [5.74, 6) is 0. The molecular formula is C7H17NS. The Hall–Kier alpha value is 0.310. The Balaban J connectivity index is 3.06. The van der Waals surface area contributed by atoms with E-state index in [2.05, 4.69) is 38.5 Å². The van der Waals surface area contributed by atoms with Gasteiger partial charge < -0.3 is 4.90 Å². The van der Waals surface area contributed by atoms with Crippen LogP contribution in [0, 0.1) is 0 Å². The zero-order valence-electron chi connectivity index (χ0n) is 6.59. The molecule has 0 N–H and O–H groups in total. The zero-order valence-corrected chi connectivity index (χ0v) is 7.49. The number of hydrogen-bond acceptors (Lipinski definition) is 2. The summed E-state index contributed by atoms with van der Waals surface area (Å²) in [6.07, 6.45) is 2.38. The fourth-order valence-electron chi connectivity index (χ4n) is 0.611. The van der Waals surface area contributed by atoms with E-state index >= 15 is 0 Å². The summed E-state index contributed by atoms with van der Waals surface area (Å²) < 4.78 is 0. The SMILES string of the molecule is CCC(S)CCN(C)C. The fourth-order valence-corrected chi connectivity index (χ4v) is 0.727. The van der Waals surface area contributed by atoms with Crippen LogP contribution in [-0.4, -0.2) is 30.8 Å². The van der Waals surface area contributed by atoms with E-state index in [4.69, 9.17) is 0 Å². The van der Waals surface area contributed by atoms with E-state index in [0.29, 0.717) is 5.25 Å². The maximum absolute atomic E-state index is 4.38. The standard InChI is InChI=1S/C7H17NS/c1-4-7(9)5-6-8(2)3/h7,9H,4-6H2,1-3H3. The third kappa shape index (κ3) is 6.19. The van der Waals surface area contributed by atoms with E-state index in [1.54, 1.807) is 0 Å². The summed E-state index contributed by atoms with van der Waals surface area (Å²) >= 11 is 4.38. The van der Waals surface area contributed by atoms with Gasteiger partial charge in [-0.2, -0.15) is 12.6 Å². The fraction of sp³-hybridized carbons (Fsp3) is 1.00. The van der Waals surface area contributed by atoms with Crippen LogP contribution >= 0.6 is 12.6 Å². The highest BCUT2D eigenvalue weighted by atomic mass is 32.1. The molecule has 0 fully saturated rings. The molecule has 0 saturated carbocycles. The number of nitrogens with zero attached hydrogens (tertiary/aromatic N) is 1. The lowest BCUT2D eigenvalue weighted by Crippen LogP contribution is -2.16. The number of rotatable bonds is 4. The van der Waals surface area contributed by atoms with Gasteiger partial charge in [-0.05, 0) is 33.5 Å². The van der Waals surface area contributed by atoms with Crippen molar-refractivity contribution in [2.75, 3.05) is 20.6 Å². The first kappa shape index (κ1) is 9.31. The minimum Gasteiger partial charge on any atom is -0.309 e. The maximum atomic E-state index is 4.38. The van der Waals surface area contributed by atoms with Crippen LogP contribution in [0.5, 0.6) is 0 Å². The monoisotopic (exact) mass is 147 g/mol. The lowest BCUT2D eigenvalue weighted by Gasteiger charge is -2.11. The average molecular weight is 147 g/mol. The normalized spacial score (nSPS) is 14.3. The second-order valence-corrected chi connectivity index (χ2v) is 3.38. The Bertz CT molecular complexity index is 63.9. The van der Waals surface area contributed by atoms with Gasteiger partial charge in [-0.1, -0.05) is 6.92 Å². The molecule has 0 bridgehead atoms. The highest BCUT2D eigenvalue weighted by molar-refractivity contribution is 7.80. The van der Waals surface area contributed by atoms with Gasteiger partial charge in [0.15, 0.2) is 0 Å². The first-order valence-corrected chi connectivity index (χ1v) is 4.01. The molecule has 9 heavy (non-hydrogen) atoms. The Morgan fingerprint density at radius 2 is 2.00 bits per heavy atom. The van der Waals surface area contributed by atoms with Crippen molar-refractivity contribution in [2.45, 2.75) is 25.0 Å². The molecular weight excluding hydrogens is 130 g/mol. The minimum absolute atomic E-state index is 0.590. The molecule has 0 heterocycles. The van der Waals surface area contributed by atoms with Crippen LogP contribution in [0.3, 0.4) is 0 Å². The quantitative estimate of drug-likeness (QED) is 0.592. The second kappa shape index (κ2) is 5.12. The Labute approximate surface area is 63.8 Å².